The van der Waals surface area contributed by atoms with Crippen molar-refractivity contribution in [2.75, 3.05) is 13.1 Å². The van der Waals surface area contributed by atoms with Gasteiger partial charge >= 0.3 is 0 Å². The second-order valence-electron chi connectivity index (χ2n) is 7.70. The molecule has 0 spiro atoms. The van der Waals surface area contributed by atoms with Crippen molar-refractivity contribution in [1.82, 2.24) is 20.1 Å². The Labute approximate surface area is 143 Å². The van der Waals surface area contributed by atoms with Gasteiger partial charge in [-0.25, -0.2) is 0 Å². The van der Waals surface area contributed by atoms with E-state index in [4.69, 9.17) is 0 Å². The molecule has 0 aromatic carbocycles. The van der Waals surface area contributed by atoms with E-state index in [2.05, 4.69) is 42.0 Å². The minimum atomic E-state index is -0.0328. The summed E-state index contributed by atoms with van der Waals surface area (Å²) in [5.74, 6) is 0.506. The molecule has 2 aromatic rings. The first-order valence-corrected chi connectivity index (χ1v) is 8.68. The second kappa shape index (κ2) is 6.75. The number of hydrogen-bond acceptors (Lipinski definition) is 3. The zero-order chi connectivity index (χ0) is 17.2. The van der Waals surface area contributed by atoms with Gasteiger partial charge in [-0.05, 0) is 43.4 Å². The van der Waals surface area contributed by atoms with Crippen LogP contribution in [0.25, 0.3) is 0 Å². The molecule has 1 fully saturated rings. The highest BCUT2D eigenvalue weighted by atomic mass is 16.2. The smallest absolute Gasteiger partial charge is 0.274 e. The third-order valence-electron chi connectivity index (χ3n) is 4.64. The van der Waals surface area contributed by atoms with Gasteiger partial charge < -0.3 is 4.90 Å². The molecule has 24 heavy (non-hydrogen) atoms. The third-order valence-corrected chi connectivity index (χ3v) is 4.64. The van der Waals surface area contributed by atoms with Crippen LogP contribution >= 0.6 is 0 Å². The molecule has 1 atom stereocenters. The summed E-state index contributed by atoms with van der Waals surface area (Å²) in [5.41, 5.74) is 2.59. The number of likely N-dealkylation sites (tertiary alicyclic amines) is 1. The van der Waals surface area contributed by atoms with Gasteiger partial charge in [0.15, 0.2) is 0 Å². The fraction of sp³-hybridized carbons (Fsp3) is 0.526. The van der Waals surface area contributed by atoms with Gasteiger partial charge in [-0.3, -0.25) is 14.9 Å². The van der Waals surface area contributed by atoms with E-state index in [0.29, 0.717) is 11.6 Å². The van der Waals surface area contributed by atoms with E-state index in [0.717, 1.165) is 43.7 Å². The Kier molecular flexibility index (Phi) is 4.69. The number of aromatic nitrogens is 3. The largest absolute Gasteiger partial charge is 0.337 e. The molecule has 3 rings (SSSR count). The zero-order valence-electron chi connectivity index (χ0n) is 14.7. The lowest BCUT2D eigenvalue weighted by molar-refractivity contribution is 0.0667. The molecular weight excluding hydrogens is 300 g/mol. The summed E-state index contributed by atoms with van der Waals surface area (Å²) in [6.07, 6.45) is 4.95. The molecule has 128 valence electrons. The van der Waals surface area contributed by atoms with E-state index in [-0.39, 0.29) is 11.3 Å². The van der Waals surface area contributed by atoms with Gasteiger partial charge in [0.1, 0.15) is 5.69 Å². The average molecular weight is 326 g/mol. The molecule has 1 aliphatic rings. The predicted octanol–water partition coefficient (Wildman–Crippen LogP) is 3.20. The summed E-state index contributed by atoms with van der Waals surface area (Å²) in [7, 11) is 0. The highest BCUT2D eigenvalue weighted by molar-refractivity contribution is 5.92. The third kappa shape index (κ3) is 3.83. The molecule has 1 amide bonds. The topological polar surface area (TPSA) is 61.9 Å². The van der Waals surface area contributed by atoms with Gasteiger partial charge in [-0.15, -0.1) is 0 Å². The quantitative estimate of drug-likeness (QED) is 0.942. The molecule has 1 aliphatic heterocycles. The Morgan fingerprint density at radius 3 is 2.88 bits per heavy atom. The minimum Gasteiger partial charge on any atom is -0.337 e. The number of pyridine rings is 1. The molecule has 0 aliphatic carbocycles. The number of rotatable bonds is 3. The van der Waals surface area contributed by atoms with Crippen LogP contribution in [0.3, 0.4) is 0 Å². The molecule has 1 saturated heterocycles. The number of nitrogens with one attached hydrogen (secondary N) is 1. The van der Waals surface area contributed by atoms with E-state index in [1.807, 2.05) is 29.3 Å². The maximum atomic E-state index is 12.8. The highest BCUT2D eigenvalue weighted by Gasteiger charge is 2.27. The first kappa shape index (κ1) is 16.7. The Balaban J connectivity index is 1.66. The summed E-state index contributed by atoms with van der Waals surface area (Å²) in [6, 6.07) is 7.91. The van der Waals surface area contributed by atoms with Gasteiger partial charge in [0, 0.05) is 36.1 Å². The average Bonchev–Trinajstić information content (AvgIpc) is 3.06. The lowest BCUT2D eigenvalue weighted by Crippen LogP contribution is -2.40. The van der Waals surface area contributed by atoms with Crippen molar-refractivity contribution < 1.29 is 4.79 Å². The molecular formula is C19H26N4O. The molecule has 0 unspecified atom stereocenters. The molecule has 0 radical (unpaired) electrons. The molecule has 5 heteroatoms. The van der Waals surface area contributed by atoms with Crippen molar-refractivity contribution in [2.45, 2.75) is 45.4 Å². The number of nitrogens with zero attached hydrogens (tertiary/aromatic N) is 3. The van der Waals surface area contributed by atoms with Crippen LogP contribution in [-0.4, -0.2) is 39.1 Å². The maximum Gasteiger partial charge on any atom is 0.274 e. The van der Waals surface area contributed by atoms with Gasteiger partial charge in [0.2, 0.25) is 0 Å². The Bertz CT molecular complexity index is 687. The van der Waals surface area contributed by atoms with Crippen LogP contribution in [0.1, 0.15) is 55.5 Å². The second-order valence-corrected chi connectivity index (χ2v) is 7.70. The SMILES string of the molecule is CC(C)(C)c1cc(C(=O)N2CCC[C@H](Cc3ccccn3)C2)n[nH]1. The van der Waals surface area contributed by atoms with E-state index in [1.165, 1.54) is 0 Å². The van der Waals surface area contributed by atoms with Crippen LogP contribution in [0.4, 0.5) is 0 Å². The van der Waals surface area contributed by atoms with E-state index < -0.39 is 0 Å². The fourth-order valence-electron chi connectivity index (χ4n) is 3.21. The van der Waals surface area contributed by atoms with Gasteiger partial charge in [-0.1, -0.05) is 26.8 Å². The van der Waals surface area contributed by atoms with Crippen molar-refractivity contribution in [1.29, 1.82) is 0 Å². The normalized spacial score (nSPS) is 18.6. The monoisotopic (exact) mass is 326 g/mol. The van der Waals surface area contributed by atoms with Crippen molar-refractivity contribution in [3.05, 3.63) is 47.5 Å². The number of piperidine rings is 1. The standard InChI is InChI=1S/C19H26N4O/c1-19(2,3)17-12-16(21-22-17)18(24)23-10-6-7-14(13-23)11-15-8-4-5-9-20-15/h4-5,8-9,12,14H,6-7,10-11,13H2,1-3H3,(H,21,22)/t14-/m1/s1. The van der Waals surface area contributed by atoms with Crippen LogP contribution in [-0.2, 0) is 11.8 Å². The highest BCUT2D eigenvalue weighted by Crippen LogP contribution is 2.24. The first-order valence-electron chi connectivity index (χ1n) is 8.68. The Hall–Kier alpha value is -2.17. The summed E-state index contributed by atoms with van der Waals surface area (Å²) in [4.78, 5) is 19.1. The molecule has 2 aromatic heterocycles. The molecule has 0 bridgehead atoms. The van der Waals surface area contributed by atoms with Crippen LogP contribution in [0, 0.1) is 5.92 Å². The van der Waals surface area contributed by atoms with E-state index in [1.54, 1.807) is 0 Å². The van der Waals surface area contributed by atoms with Crippen LogP contribution in [0.15, 0.2) is 30.5 Å². The Morgan fingerprint density at radius 2 is 2.21 bits per heavy atom. The summed E-state index contributed by atoms with van der Waals surface area (Å²) < 4.78 is 0. The zero-order valence-corrected chi connectivity index (χ0v) is 14.7. The van der Waals surface area contributed by atoms with E-state index >= 15 is 0 Å². The van der Waals surface area contributed by atoms with Gasteiger partial charge in [-0.2, -0.15) is 5.10 Å². The maximum absolute atomic E-state index is 12.8. The van der Waals surface area contributed by atoms with E-state index in [9.17, 15) is 4.79 Å². The fourth-order valence-corrected chi connectivity index (χ4v) is 3.21. The molecule has 0 saturated carbocycles. The molecule has 5 nitrogen and oxygen atoms in total. The predicted molar refractivity (Wildman–Crippen MR) is 93.9 cm³/mol. The van der Waals surface area contributed by atoms with Crippen LogP contribution in [0.2, 0.25) is 0 Å². The number of hydrogen-bond donors (Lipinski definition) is 1. The Morgan fingerprint density at radius 1 is 1.38 bits per heavy atom. The lowest BCUT2D eigenvalue weighted by Gasteiger charge is -2.32. The van der Waals surface area contributed by atoms with Crippen molar-refractivity contribution >= 4 is 5.91 Å². The lowest BCUT2D eigenvalue weighted by atomic mass is 9.91. The van der Waals surface area contributed by atoms with Gasteiger partial charge in [0.25, 0.3) is 5.91 Å². The molecule has 1 N–H and O–H groups in total. The number of carbonyl (C=O) groups excluding carboxylic acids is 1. The summed E-state index contributed by atoms with van der Waals surface area (Å²) in [6.45, 7) is 7.93. The summed E-state index contributed by atoms with van der Waals surface area (Å²) in [5, 5.41) is 7.25. The number of aromatic amines is 1. The number of H-pyrrole nitrogens is 1. The molecule has 3 heterocycles. The number of carbonyl (C=O) groups is 1. The minimum absolute atomic E-state index is 0.0328. The van der Waals surface area contributed by atoms with Gasteiger partial charge in [0.05, 0.1) is 0 Å². The first-order chi connectivity index (χ1) is 11.4. The van der Waals surface area contributed by atoms with Crippen molar-refractivity contribution in [3.63, 3.8) is 0 Å². The van der Waals surface area contributed by atoms with Crippen molar-refractivity contribution in [2.24, 2.45) is 5.92 Å². The summed E-state index contributed by atoms with van der Waals surface area (Å²) >= 11 is 0. The van der Waals surface area contributed by atoms with Crippen molar-refractivity contribution in [3.8, 4) is 0 Å². The van der Waals surface area contributed by atoms with Crippen LogP contribution in [0.5, 0.6) is 0 Å². The van der Waals surface area contributed by atoms with Crippen LogP contribution < -0.4 is 0 Å². The number of amides is 1.